The molecule has 0 bridgehead atoms. The Kier molecular flexibility index (Phi) is 11.3. The van der Waals surface area contributed by atoms with E-state index in [4.69, 9.17) is 0 Å². The van der Waals surface area contributed by atoms with Crippen LogP contribution in [0.1, 0.15) is 89.5 Å². The Morgan fingerprint density at radius 1 is 0.650 bits per heavy atom. The van der Waals surface area contributed by atoms with Crippen molar-refractivity contribution in [3.8, 4) is 0 Å². The van der Waals surface area contributed by atoms with Crippen molar-refractivity contribution in [1.82, 2.24) is 0 Å². The predicted molar refractivity (Wildman–Crippen MR) is 87.8 cm³/mol. The lowest BCUT2D eigenvalue weighted by atomic mass is 10.0. The molecule has 1 heterocycles. The molecule has 0 amide bonds. The van der Waals surface area contributed by atoms with E-state index >= 15 is 0 Å². The van der Waals surface area contributed by atoms with Gasteiger partial charge in [-0.15, -0.1) is 0 Å². The number of hydrogen-bond acceptors (Lipinski definition) is 0. The first kappa shape index (κ1) is 17.2. The van der Waals surface area contributed by atoms with Gasteiger partial charge in [-0.2, -0.15) is 0 Å². The van der Waals surface area contributed by atoms with Crippen molar-refractivity contribution in [2.24, 2.45) is 0 Å². The smallest absolute Gasteiger partial charge is 0.167 e. The molecule has 0 fully saturated rings. The number of hydrogen-bond donors (Lipinski definition) is 0. The highest BCUT2D eigenvalue weighted by molar-refractivity contribution is 5.06. The van der Waals surface area contributed by atoms with Crippen LogP contribution in [0.15, 0.2) is 24.5 Å². The normalized spacial score (nSPS) is 10.8. The van der Waals surface area contributed by atoms with Crippen molar-refractivity contribution in [2.45, 2.75) is 90.4 Å². The first-order valence-corrected chi connectivity index (χ1v) is 8.88. The molecule has 1 aromatic rings. The Balaban J connectivity index is 1.77. The van der Waals surface area contributed by atoms with Crippen molar-refractivity contribution >= 4 is 0 Å². The van der Waals surface area contributed by atoms with Crippen LogP contribution in [0.3, 0.4) is 0 Å². The van der Waals surface area contributed by atoms with Crippen LogP contribution in [-0.2, 0) is 6.42 Å². The Labute approximate surface area is 126 Å². The number of aryl methyl sites for hydroxylation is 1. The van der Waals surface area contributed by atoms with Crippen molar-refractivity contribution in [1.29, 1.82) is 0 Å². The monoisotopic (exact) mass is 276 g/mol. The molecule has 0 aromatic carbocycles. The summed E-state index contributed by atoms with van der Waals surface area (Å²) in [6, 6.07) is 4.39. The highest BCUT2D eigenvalue weighted by atomic mass is 14.6. The fraction of sp³-hybridized carbons (Fsp3) is 0.737. The molecule has 0 saturated carbocycles. The second-order valence-electron chi connectivity index (χ2n) is 6.05. The Morgan fingerprint density at radius 2 is 1.10 bits per heavy atom. The molecule has 1 nitrogen and oxygen atoms in total. The molecular formula is C19H34N+. The molecule has 1 N–H and O–H groups in total. The fourth-order valence-corrected chi connectivity index (χ4v) is 2.76. The summed E-state index contributed by atoms with van der Waals surface area (Å²) in [6.45, 7) is 2.29. The van der Waals surface area contributed by atoms with Crippen LogP contribution in [0.4, 0.5) is 0 Å². The fourth-order valence-electron chi connectivity index (χ4n) is 2.76. The predicted octanol–water partition coefficient (Wildman–Crippen LogP) is 5.74. The van der Waals surface area contributed by atoms with Gasteiger partial charge in [0.2, 0.25) is 0 Å². The second kappa shape index (κ2) is 13.1. The molecule has 20 heavy (non-hydrogen) atoms. The van der Waals surface area contributed by atoms with Gasteiger partial charge < -0.3 is 0 Å². The van der Waals surface area contributed by atoms with Gasteiger partial charge in [0.15, 0.2) is 12.4 Å². The van der Waals surface area contributed by atoms with Gasteiger partial charge in [0, 0.05) is 12.1 Å². The van der Waals surface area contributed by atoms with Crippen molar-refractivity contribution < 1.29 is 4.98 Å². The van der Waals surface area contributed by atoms with Crippen molar-refractivity contribution in [3.63, 3.8) is 0 Å². The van der Waals surface area contributed by atoms with Gasteiger partial charge in [-0.05, 0) is 18.4 Å². The minimum absolute atomic E-state index is 1.24. The first-order chi connectivity index (χ1) is 9.93. The number of rotatable bonds is 13. The van der Waals surface area contributed by atoms with E-state index in [1.807, 2.05) is 12.4 Å². The molecule has 0 radical (unpaired) electrons. The van der Waals surface area contributed by atoms with E-state index in [1.54, 1.807) is 0 Å². The number of H-pyrrole nitrogens is 1. The first-order valence-electron chi connectivity index (χ1n) is 8.88. The quantitative estimate of drug-likeness (QED) is 0.408. The number of pyridine rings is 1. The van der Waals surface area contributed by atoms with Crippen LogP contribution in [0, 0.1) is 0 Å². The Morgan fingerprint density at radius 3 is 1.60 bits per heavy atom. The lowest BCUT2D eigenvalue weighted by molar-refractivity contribution is -0.378. The van der Waals surface area contributed by atoms with Gasteiger partial charge in [-0.25, -0.2) is 4.98 Å². The third kappa shape index (κ3) is 10.00. The highest BCUT2D eigenvalue weighted by Crippen LogP contribution is 2.12. The zero-order valence-electron chi connectivity index (χ0n) is 13.5. The van der Waals surface area contributed by atoms with Crippen LogP contribution in [0.25, 0.3) is 0 Å². The molecule has 0 saturated heterocycles. The summed E-state index contributed by atoms with van der Waals surface area (Å²) in [5.74, 6) is 0. The SMILES string of the molecule is CCCCCCCCCCCCCCc1cc[nH+]cc1. The van der Waals surface area contributed by atoms with Gasteiger partial charge in [-0.3, -0.25) is 0 Å². The van der Waals surface area contributed by atoms with E-state index in [-0.39, 0.29) is 0 Å². The molecule has 0 spiro atoms. The van der Waals surface area contributed by atoms with E-state index < -0.39 is 0 Å². The molecule has 1 aromatic heterocycles. The van der Waals surface area contributed by atoms with Gasteiger partial charge in [0.1, 0.15) is 0 Å². The topological polar surface area (TPSA) is 14.1 Å². The maximum absolute atomic E-state index is 3.08. The van der Waals surface area contributed by atoms with Gasteiger partial charge in [0.05, 0.1) is 0 Å². The number of aromatic nitrogens is 1. The largest absolute Gasteiger partial charge is 0.218 e. The maximum atomic E-state index is 3.08. The third-order valence-corrected chi connectivity index (χ3v) is 4.11. The van der Waals surface area contributed by atoms with Crippen LogP contribution in [-0.4, -0.2) is 0 Å². The molecule has 0 unspecified atom stereocenters. The van der Waals surface area contributed by atoms with E-state index in [2.05, 4.69) is 24.0 Å². The van der Waals surface area contributed by atoms with Crippen LogP contribution >= 0.6 is 0 Å². The zero-order chi connectivity index (χ0) is 14.3. The van der Waals surface area contributed by atoms with Crippen LogP contribution < -0.4 is 4.98 Å². The van der Waals surface area contributed by atoms with Gasteiger partial charge >= 0.3 is 0 Å². The summed E-state index contributed by atoms with van der Waals surface area (Å²) in [4.78, 5) is 3.08. The lowest BCUT2D eigenvalue weighted by Crippen LogP contribution is -1.98. The average molecular weight is 276 g/mol. The second-order valence-corrected chi connectivity index (χ2v) is 6.05. The van der Waals surface area contributed by atoms with Gasteiger partial charge in [-0.1, -0.05) is 77.6 Å². The Bertz CT molecular complexity index is 294. The number of unbranched alkanes of at least 4 members (excludes halogenated alkanes) is 11. The molecule has 0 aliphatic rings. The molecule has 0 aliphatic carbocycles. The summed E-state index contributed by atoms with van der Waals surface area (Å²) in [7, 11) is 0. The van der Waals surface area contributed by atoms with Crippen molar-refractivity contribution in [3.05, 3.63) is 30.1 Å². The summed E-state index contributed by atoms with van der Waals surface area (Å²) in [5.41, 5.74) is 1.47. The molecular weight excluding hydrogens is 242 g/mol. The highest BCUT2D eigenvalue weighted by Gasteiger charge is 1.95. The Hall–Kier alpha value is -0.850. The number of aromatic amines is 1. The van der Waals surface area contributed by atoms with Gasteiger partial charge in [0.25, 0.3) is 0 Å². The summed E-state index contributed by atoms with van der Waals surface area (Å²) in [6.07, 6.45) is 22.4. The number of nitrogens with one attached hydrogen (secondary N) is 1. The van der Waals surface area contributed by atoms with E-state index in [9.17, 15) is 0 Å². The molecule has 114 valence electrons. The minimum atomic E-state index is 1.24. The van der Waals surface area contributed by atoms with E-state index in [0.29, 0.717) is 0 Å². The summed E-state index contributed by atoms with van der Waals surface area (Å²) >= 11 is 0. The molecule has 0 aliphatic heterocycles. The van der Waals surface area contributed by atoms with E-state index in [0.717, 1.165) is 0 Å². The zero-order valence-corrected chi connectivity index (χ0v) is 13.5. The summed E-state index contributed by atoms with van der Waals surface area (Å²) in [5, 5.41) is 0. The molecule has 1 heteroatoms. The van der Waals surface area contributed by atoms with Crippen molar-refractivity contribution in [2.75, 3.05) is 0 Å². The van der Waals surface area contributed by atoms with Crippen LogP contribution in [0.5, 0.6) is 0 Å². The molecule has 1 rings (SSSR count). The van der Waals surface area contributed by atoms with E-state index in [1.165, 1.54) is 89.0 Å². The average Bonchev–Trinajstić information content (AvgIpc) is 2.49. The lowest BCUT2D eigenvalue weighted by Gasteiger charge is -2.03. The summed E-state index contributed by atoms with van der Waals surface area (Å²) < 4.78 is 0. The molecule has 0 atom stereocenters. The standard InChI is InChI=1S/C19H33N/c1-2-3-4-5-6-7-8-9-10-11-12-13-14-19-15-17-20-18-16-19/h15-18H,2-14H2,1H3/p+1. The van der Waals surface area contributed by atoms with Crippen LogP contribution in [0.2, 0.25) is 0 Å². The maximum Gasteiger partial charge on any atom is 0.167 e. The third-order valence-electron chi connectivity index (χ3n) is 4.11. The minimum Gasteiger partial charge on any atom is -0.218 e.